The van der Waals surface area contributed by atoms with Crippen molar-refractivity contribution in [3.63, 3.8) is 0 Å². The molecule has 5 nitrogen and oxygen atoms in total. The second-order valence-corrected chi connectivity index (χ2v) is 2.45. The van der Waals surface area contributed by atoms with Gasteiger partial charge in [0.25, 0.3) is 0 Å². The van der Waals surface area contributed by atoms with Crippen LogP contribution in [0.25, 0.3) is 0 Å². The minimum atomic E-state index is 0.777. The molecule has 3 N–H and O–H groups in total. The van der Waals surface area contributed by atoms with Crippen molar-refractivity contribution in [1.29, 1.82) is 0 Å². The minimum absolute atomic E-state index is 0.777. The summed E-state index contributed by atoms with van der Waals surface area (Å²) in [6.45, 7) is 3.81. The van der Waals surface area contributed by atoms with E-state index >= 15 is 0 Å². The van der Waals surface area contributed by atoms with Crippen LogP contribution in [0.1, 0.15) is 11.5 Å². The zero-order valence-corrected chi connectivity index (χ0v) is 6.39. The molecule has 0 aromatic carbocycles. The highest BCUT2D eigenvalue weighted by atomic mass is 15.6. The Morgan fingerprint density at radius 2 is 1.91 bits per heavy atom. The fourth-order valence-corrected chi connectivity index (χ4v) is 1.11. The summed E-state index contributed by atoms with van der Waals surface area (Å²) < 4.78 is 0. The predicted octanol–water partition coefficient (Wildman–Crippen LogP) is 0.350. The number of hydrazine groups is 2. The number of anilines is 2. The molecule has 0 fully saturated rings. The Hall–Kier alpha value is -1.36. The van der Waals surface area contributed by atoms with Crippen molar-refractivity contribution >= 4 is 11.5 Å². The van der Waals surface area contributed by atoms with Crippen LogP contribution in [0.2, 0.25) is 0 Å². The molecule has 1 aliphatic rings. The third kappa shape index (κ3) is 0.894. The molecule has 0 radical (unpaired) electrons. The highest BCUT2D eigenvalue weighted by Gasteiger charge is 2.13. The zero-order valence-electron chi connectivity index (χ0n) is 6.39. The lowest BCUT2D eigenvalue weighted by Gasteiger charge is -2.00. The maximum absolute atomic E-state index is 4.19. The number of hydrogen-bond donors (Lipinski definition) is 3. The topological polar surface area (TPSA) is 61.9 Å². The molecule has 0 saturated carbocycles. The van der Waals surface area contributed by atoms with Gasteiger partial charge < -0.3 is 0 Å². The zero-order chi connectivity index (χ0) is 7.84. The third-order valence-electron chi connectivity index (χ3n) is 1.57. The van der Waals surface area contributed by atoms with Crippen molar-refractivity contribution < 1.29 is 0 Å². The predicted molar refractivity (Wildman–Crippen MR) is 41.9 cm³/mol. The van der Waals surface area contributed by atoms with E-state index in [1.807, 2.05) is 13.8 Å². The lowest BCUT2D eigenvalue weighted by molar-refractivity contribution is 0.994. The van der Waals surface area contributed by atoms with Crippen molar-refractivity contribution in [3.8, 4) is 0 Å². The summed E-state index contributed by atoms with van der Waals surface area (Å²) in [5.41, 5.74) is 10.4. The van der Waals surface area contributed by atoms with Crippen LogP contribution in [0, 0.1) is 13.8 Å². The summed E-state index contributed by atoms with van der Waals surface area (Å²) in [5, 5.41) is 0. The Balaban J connectivity index is 2.60. The van der Waals surface area contributed by atoms with Gasteiger partial charge in [0.05, 0.1) is 5.69 Å². The van der Waals surface area contributed by atoms with Gasteiger partial charge in [0.15, 0.2) is 5.82 Å². The number of aryl methyl sites for hydroxylation is 2. The van der Waals surface area contributed by atoms with Crippen molar-refractivity contribution in [2.45, 2.75) is 13.8 Å². The van der Waals surface area contributed by atoms with E-state index in [0.29, 0.717) is 0 Å². The van der Waals surface area contributed by atoms with Crippen LogP contribution in [-0.2, 0) is 0 Å². The van der Waals surface area contributed by atoms with Gasteiger partial charge in [-0.1, -0.05) is 0 Å². The molecule has 1 aromatic heterocycles. The highest BCUT2D eigenvalue weighted by Crippen LogP contribution is 2.23. The fraction of sp³-hybridized carbons (Fsp3) is 0.333. The summed E-state index contributed by atoms with van der Waals surface area (Å²) in [7, 11) is 0. The summed E-state index contributed by atoms with van der Waals surface area (Å²) >= 11 is 0. The fourth-order valence-electron chi connectivity index (χ4n) is 1.11. The molecule has 11 heavy (non-hydrogen) atoms. The molecule has 2 heterocycles. The number of aromatic nitrogens is 2. The lowest BCUT2D eigenvalue weighted by Crippen LogP contribution is -2.19. The number of nitrogens with zero attached hydrogens (tertiary/aromatic N) is 2. The largest absolute Gasteiger partial charge is 0.299 e. The van der Waals surface area contributed by atoms with Gasteiger partial charge >= 0.3 is 0 Å². The lowest BCUT2D eigenvalue weighted by atomic mass is 10.3. The van der Waals surface area contributed by atoms with Crippen LogP contribution in [0.4, 0.5) is 11.5 Å². The molecule has 1 aromatic rings. The van der Waals surface area contributed by atoms with Gasteiger partial charge in [-0.3, -0.25) is 10.9 Å². The number of rotatable bonds is 0. The number of hydrogen-bond acceptors (Lipinski definition) is 5. The Kier molecular flexibility index (Phi) is 1.19. The second kappa shape index (κ2) is 2.06. The molecule has 2 rings (SSSR count). The number of fused-ring (bicyclic) bond motifs is 1. The Morgan fingerprint density at radius 1 is 1.09 bits per heavy atom. The van der Waals surface area contributed by atoms with Crippen LogP contribution in [0.3, 0.4) is 0 Å². The summed E-state index contributed by atoms with van der Waals surface area (Å²) in [4.78, 5) is 8.36. The molecule has 58 valence electrons. The van der Waals surface area contributed by atoms with Crippen molar-refractivity contribution in [3.05, 3.63) is 11.5 Å². The maximum Gasteiger partial charge on any atom is 0.170 e. The van der Waals surface area contributed by atoms with Gasteiger partial charge in [0.2, 0.25) is 0 Å². The van der Waals surface area contributed by atoms with Crippen LogP contribution in [0.5, 0.6) is 0 Å². The average Bonchev–Trinajstić information content (AvgIpc) is 2.34. The Morgan fingerprint density at radius 3 is 2.73 bits per heavy atom. The van der Waals surface area contributed by atoms with Crippen LogP contribution in [-0.4, -0.2) is 9.97 Å². The van der Waals surface area contributed by atoms with E-state index in [1.165, 1.54) is 0 Å². The van der Waals surface area contributed by atoms with Crippen LogP contribution < -0.4 is 16.4 Å². The Labute approximate surface area is 64.2 Å². The van der Waals surface area contributed by atoms with Gasteiger partial charge in [-0.05, 0) is 13.8 Å². The molecule has 5 heteroatoms. The normalized spacial score (nSPS) is 13.6. The minimum Gasteiger partial charge on any atom is -0.299 e. The van der Waals surface area contributed by atoms with Crippen LogP contribution >= 0.6 is 0 Å². The third-order valence-corrected chi connectivity index (χ3v) is 1.57. The Bertz CT molecular complexity index is 295. The van der Waals surface area contributed by atoms with Gasteiger partial charge in [0.1, 0.15) is 11.5 Å². The SMILES string of the molecule is Cc1nc(C)c2c(n1)NNN2. The smallest absolute Gasteiger partial charge is 0.170 e. The summed E-state index contributed by atoms with van der Waals surface area (Å²) in [6, 6.07) is 0. The van der Waals surface area contributed by atoms with Crippen LogP contribution in [0.15, 0.2) is 0 Å². The van der Waals surface area contributed by atoms with Crippen molar-refractivity contribution in [1.82, 2.24) is 15.5 Å². The average molecular weight is 151 g/mol. The van der Waals surface area contributed by atoms with Gasteiger partial charge in [-0.2, -0.15) is 0 Å². The highest BCUT2D eigenvalue weighted by molar-refractivity contribution is 5.69. The van der Waals surface area contributed by atoms with E-state index in [-0.39, 0.29) is 0 Å². The number of nitrogens with one attached hydrogen (secondary N) is 3. The van der Waals surface area contributed by atoms with E-state index in [0.717, 1.165) is 23.0 Å². The second-order valence-electron chi connectivity index (χ2n) is 2.45. The monoisotopic (exact) mass is 151 g/mol. The van der Waals surface area contributed by atoms with E-state index in [9.17, 15) is 0 Å². The molecular weight excluding hydrogens is 142 g/mol. The first kappa shape index (κ1) is 6.36. The molecule has 0 amide bonds. The first-order chi connectivity index (χ1) is 5.27. The van der Waals surface area contributed by atoms with E-state index in [1.54, 1.807) is 0 Å². The molecule has 0 aliphatic carbocycles. The van der Waals surface area contributed by atoms with Gasteiger partial charge in [-0.15, -0.1) is 5.53 Å². The van der Waals surface area contributed by atoms with E-state index < -0.39 is 0 Å². The summed E-state index contributed by atoms with van der Waals surface area (Å²) in [6.07, 6.45) is 0. The van der Waals surface area contributed by atoms with Gasteiger partial charge in [0, 0.05) is 0 Å². The maximum atomic E-state index is 4.19. The van der Waals surface area contributed by atoms with Crippen molar-refractivity contribution in [2.24, 2.45) is 0 Å². The molecule has 0 saturated heterocycles. The molecular formula is C6H9N5. The molecule has 1 aliphatic heterocycles. The van der Waals surface area contributed by atoms with E-state index in [2.05, 4.69) is 26.4 Å². The molecule has 0 bridgehead atoms. The molecule has 0 atom stereocenters. The summed E-state index contributed by atoms with van der Waals surface area (Å²) in [5.74, 6) is 1.59. The molecule has 0 spiro atoms. The standard InChI is InChI=1S/C6H9N5/c1-3-5-6(10-11-9-5)8-4(2)7-3/h9,11H,1-2H3,(H,7,8,10). The first-order valence-corrected chi connectivity index (χ1v) is 3.39. The van der Waals surface area contributed by atoms with Gasteiger partial charge in [-0.25, -0.2) is 9.97 Å². The first-order valence-electron chi connectivity index (χ1n) is 3.39. The quantitative estimate of drug-likeness (QED) is 0.499. The van der Waals surface area contributed by atoms with Crippen molar-refractivity contribution in [2.75, 3.05) is 10.9 Å². The van der Waals surface area contributed by atoms with E-state index in [4.69, 9.17) is 0 Å². The molecule has 0 unspecified atom stereocenters.